The topological polar surface area (TPSA) is 71.0 Å². The number of nitrogens with one attached hydrogen (secondary N) is 1. The normalized spacial score (nSPS) is 10.6. The molecule has 7 heteroatoms. The summed E-state index contributed by atoms with van der Waals surface area (Å²) in [7, 11) is 3.83. The summed E-state index contributed by atoms with van der Waals surface area (Å²) in [6, 6.07) is 17.7. The standard InChI is InChI=1S/C14H14N4O.C9H7FO/c1-15-11-7-5-10(6-8-11)13-16-14-12(17(13)2)4-3-9-18(14)19;10-9-5-3-8(4-6-9)2-1-7-11/h3-9,19H,1-2H3;1-7H/p+1/b;2-1+. The van der Waals surface area contributed by atoms with Crippen LogP contribution in [0.15, 0.2) is 72.9 Å². The highest BCUT2D eigenvalue weighted by Crippen LogP contribution is 2.23. The van der Waals surface area contributed by atoms with Crippen molar-refractivity contribution in [2.24, 2.45) is 7.05 Å². The van der Waals surface area contributed by atoms with E-state index < -0.39 is 0 Å². The number of carbonyl (C=O) groups is 1. The maximum atomic E-state index is 12.3. The zero-order chi connectivity index (χ0) is 21.5. The van der Waals surface area contributed by atoms with Gasteiger partial charge in [-0.1, -0.05) is 18.2 Å². The molecule has 2 aromatic carbocycles. The molecule has 0 fully saturated rings. The molecule has 0 bridgehead atoms. The first-order valence-electron chi connectivity index (χ1n) is 9.25. The van der Waals surface area contributed by atoms with E-state index >= 15 is 0 Å². The van der Waals surface area contributed by atoms with Gasteiger partial charge in [0, 0.05) is 25.3 Å². The molecule has 2 N–H and O–H groups in total. The second kappa shape index (κ2) is 9.47. The van der Waals surface area contributed by atoms with E-state index in [-0.39, 0.29) is 5.82 Å². The van der Waals surface area contributed by atoms with Gasteiger partial charge in [-0.2, -0.15) is 0 Å². The highest BCUT2D eigenvalue weighted by atomic mass is 19.1. The number of hydrogen-bond donors (Lipinski definition) is 2. The van der Waals surface area contributed by atoms with Gasteiger partial charge in [-0.3, -0.25) is 4.79 Å². The summed E-state index contributed by atoms with van der Waals surface area (Å²) >= 11 is 0. The summed E-state index contributed by atoms with van der Waals surface area (Å²) in [4.78, 5) is 14.4. The molecule has 0 aliphatic carbocycles. The molecule has 2 aromatic heterocycles. The average Bonchev–Trinajstić information content (AvgIpc) is 3.12. The zero-order valence-electron chi connectivity index (χ0n) is 16.7. The summed E-state index contributed by atoms with van der Waals surface area (Å²) in [5.74, 6) is 0.555. The van der Waals surface area contributed by atoms with Crippen LogP contribution < -0.4 is 10.0 Å². The molecule has 0 saturated heterocycles. The molecule has 0 unspecified atom stereocenters. The van der Waals surface area contributed by atoms with E-state index in [1.807, 2.05) is 49.0 Å². The number of nitrogens with zero attached hydrogens (tertiary/aromatic N) is 3. The number of carbonyl (C=O) groups excluding carboxylic acids is 1. The van der Waals surface area contributed by atoms with Crippen LogP contribution in [0.5, 0.6) is 0 Å². The SMILES string of the molecule is CNc1ccc(-c2nc3c(ccc[n+]3O)n2C)cc1.O=C/C=C/c1ccc(F)cc1. The third-order valence-electron chi connectivity index (χ3n) is 4.49. The smallest absolute Gasteiger partial charge is 0.387 e. The molecule has 4 rings (SSSR count). The Morgan fingerprint density at radius 3 is 2.40 bits per heavy atom. The number of rotatable bonds is 4. The van der Waals surface area contributed by atoms with Crippen molar-refractivity contribution in [1.82, 2.24) is 9.55 Å². The second-order valence-corrected chi connectivity index (χ2v) is 6.43. The van der Waals surface area contributed by atoms with Crippen molar-refractivity contribution in [2.45, 2.75) is 0 Å². The minimum absolute atomic E-state index is 0.270. The largest absolute Gasteiger partial charge is 0.388 e. The van der Waals surface area contributed by atoms with E-state index in [9.17, 15) is 14.4 Å². The predicted octanol–water partition coefficient (Wildman–Crippen LogP) is 3.84. The molecule has 0 amide bonds. The Labute approximate surface area is 173 Å². The number of fused-ring (bicyclic) bond motifs is 1. The van der Waals surface area contributed by atoms with Gasteiger partial charge in [-0.05, 0) is 69.9 Å². The fourth-order valence-corrected chi connectivity index (χ4v) is 2.91. The van der Waals surface area contributed by atoms with Crippen LogP contribution >= 0.6 is 0 Å². The van der Waals surface area contributed by atoms with Crippen LogP contribution in [-0.4, -0.2) is 28.1 Å². The third-order valence-corrected chi connectivity index (χ3v) is 4.49. The van der Waals surface area contributed by atoms with Crippen LogP contribution in [0.4, 0.5) is 10.1 Å². The summed E-state index contributed by atoms with van der Waals surface area (Å²) < 4.78 is 15.3. The second-order valence-electron chi connectivity index (χ2n) is 6.43. The molecule has 4 aromatic rings. The van der Waals surface area contributed by atoms with Gasteiger partial charge in [0.25, 0.3) is 5.82 Å². The molecular formula is C23H22FN4O2+. The first-order valence-corrected chi connectivity index (χ1v) is 9.25. The number of allylic oxidation sites excluding steroid dienone is 1. The van der Waals surface area contributed by atoms with Crippen molar-refractivity contribution in [3.05, 3.63) is 84.3 Å². The van der Waals surface area contributed by atoms with Crippen molar-refractivity contribution < 1.29 is 19.1 Å². The Hall–Kier alpha value is -4.00. The van der Waals surface area contributed by atoms with E-state index in [0.29, 0.717) is 11.9 Å². The highest BCUT2D eigenvalue weighted by Gasteiger charge is 2.20. The van der Waals surface area contributed by atoms with Gasteiger partial charge in [-0.25, -0.2) is 4.39 Å². The average molecular weight is 405 g/mol. The molecule has 0 radical (unpaired) electrons. The van der Waals surface area contributed by atoms with Gasteiger partial charge in [0.15, 0.2) is 0 Å². The maximum Gasteiger partial charge on any atom is 0.387 e. The summed E-state index contributed by atoms with van der Waals surface area (Å²) in [5, 5.41) is 12.9. The number of imidazole rings is 1. The fourth-order valence-electron chi connectivity index (χ4n) is 2.91. The van der Waals surface area contributed by atoms with Crippen LogP contribution in [0, 0.1) is 5.82 Å². The van der Waals surface area contributed by atoms with E-state index in [4.69, 9.17) is 0 Å². The Morgan fingerprint density at radius 2 is 1.80 bits per heavy atom. The van der Waals surface area contributed by atoms with Crippen molar-refractivity contribution in [3.63, 3.8) is 0 Å². The van der Waals surface area contributed by atoms with E-state index in [2.05, 4.69) is 10.3 Å². The zero-order valence-corrected chi connectivity index (χ0v) is 16.7. The number of anilines is 1. The lowest BCUT2D eigenvalue weighted by Crippen LogP contribution is -2.30. The minimum Gasteiger partial charge on any atom is -0.388 e. The number of pyridine rings is 1. The van der Waals surface area contributed by atoms with E-state index in [1.54, 1.807) is 30.5 Å². The van der Waals surface area contributed by atoms with Crippen LogP contribution in [0.3, 0.4) is 0 Å². The van der Waals surface area contributed by atoms with Crippen LogP contribution in [0.1, 0.15) is 5.56 Å². The van der Waals surface area contributed by atoms with Crippen molar-refractivity contribution in [2.75, 3.05) is 12.4 Å². The lowest BCUT2D eigenvalue weighted by Gasteiger charge is -2.01. The summed E-state index contributed by atoms with van der Waals surface area (Å²) in [6.45, 7) is 0. The van der Waals surface area contributed by atoms with Gasteiger partial charge < -0.3 is 15.1 Å². The molecule has 0 spiro atoms. The van der Waals surface area contributed by atoms with Gasteiger partial charge in [0.05, 0.1) is 0 Å². The first kappa shape index (κ1) is 20.7. The lowest BCUT2D eigenvalue weighted by atomic mass is 10.2. The Balaban J connectivity index is 0.000000199. The van der Waals surface area contributed by atoms with Gasteiger partial charge in [0.1, 0.15) is 23.8 Å². The number of aldehydes is 1. The molecule has 2 heterocycles. The van der Waals surface area contributed by atoms with Crippen molar-refractivity contribution in [1.29, 1.82) is 0 Å². The molecule has 30 heavy (non-hydrogen) atoms. The number of hydrogen-bond acceptors (Lipinski definition) is 4. The fraction of sp³-hybridized carbons (Fsp3) is 0.0870. The molecule has 0 aliphatic rings. The van der Waals surface area contributed by atoms with Gasteiger partial charge in [0.2, 0.25) is 0 Å². The van der Waals surface area contributed by atoms with Crippen molar-refractivity contribution >= 4 is 29.2 Å². The Morgan fingerprint density at radius 1 is 1.10 bits per heavy atom. The molecule has 0 aliphatic heterocycles. The minimum atomic E-state index is -0.270. The molecule has 152 valence electrons. The van der Waals surface area contributed by atoms with Gasteiger partial charge in [-0.15, -0.1) is 0 Å². The van der Waals surface area contributed by atoms with Crippen LogP contribution in [0.2, 0.25) is 0 Å². The van der Waals surface area contributed by atoms with Crippen molar-refractivity contribution in [3.8, 4) is 11.4 Å². The maximum absolute atomic E-state index is 12.3. The number of aryl methyl sites for hydroxylation is 1. The van der Waals surface area contributed by atoms with E-state index in [1.165, 1.54) is 18.2 Å². The number of benzene rings is 2. The van der Waals surface area contributed by atoms with Crippen LogP contribution in [-0.2, 0) is 11.8 Å². The predicted molar refractivity (Wildman–Crippen MR) is 115 cm³/mol. The monoisotopic (exact) mass is 405 g/mol. The quantitative estimate of drug-likeness (QED) is 0.234. The summed E-state index contributed by atoms with van der Waals surface area (Å²) in [6.07, 6.45) is 5.24. The number of aromatic nitrogens is 3. The summed E-state index contributed by atoms with van der Waals surface area (Å²) in [5.41, 5.74) is 4.33. The molecular weight excluding hydrogens is 383 g/mol. The molecule has 6 nitrogen and oxygen atoms in total. The molecule has 0 saturated carbocycles. The third kappa shape index (κ3) is 4.70. The highest BCUT2D eigenvalue weighted by molar-refractivity contribution is 5.75. The lowest BCUT2D eigenvalue weighted by molar-refractivity contribution is -0.885. The Kier molecular flexibility index (Phi) is 6.54. The molecule has 0 atom stereocenters. The van der Waals surface area contributed by atoms with Gasteiger partial charge >= 0.3 is 5.65 Å². The Bertz CT molecular complexity index is 1170. The first-order chi connectivity index (χ1) is 14.5. The van der Waals surface area contributed by atoms with E-state index in [0.717, 1.165) is 32.9 Å². The van der Waals surface area contributed by atoms with Crippen LogP contribution in [0.25, 0.3) is 28.6 Å². The number of halogens is 1.